The molecule has 1 N–H and O–H groups in total. The van der Waals surface area contributed by atoms with Gasteiger partial charge in [-0.25, -0.2) is 4.79 Å². The Morgan fingerprint density at radius 1 is 1.12 bits per heavy atom. The van der Waals surface area contributed by atoms with Crippen molar-refractivity contribution in [2.24, 2.45) is 0 Å². The molecule has 0 spiro atoms. The number of halogens is 2. The standard InChI is InChI=1S/C19H14Cl2N2O2/c20-15-7-6-14(17(21)10-15)12-23-16(8-9-19(24)25)11-18(22-23)13-4-2-1-3-5-13/h1-11H,12H2,(H,24,25). The third kappa shape index (κ3) is 4.29. The molecule has 0 saturated carbocycles. The molecule has 1 aromatic heterocycles. The van der Waals surface area contributed by atoms with Gasteiger partial charge in [-0.3, -0.25) is 4.68 Å². The van der Waals surface area contributed by atoms with Crippen LogP contribution in [0.3, 0.4) is 0 Å². The fraction of sp³-hybridized carbons (Fsp3) is 0.0526. The topological polar surface area (TPSA) is 55.1 Å². The molecule has 2 aromatic carbocycles. The predicted octanol–water partition coefficient (Wildman–Crippen LogP) is 5.00. The van der Waals surface area contributed by atoms with Gasteiger partial charge in [-0.1, -0.05) is 59.6 Å². The van der Waals surface area contributed by atoms with Crippen LogP contribution >= 0.6 is 23.2 Å². The zero-order valence-electron chi connectivity index (χ0n) is 13.1. The molecule has 0 radical (unpaired) electrons. The van der Waals surface area contributed by atoms with Crippen molar-refractivity contribution in [1.82, 2.24) is 9.78 Å². The maximum Gasteiger partial charge on any atom is 0.328 e. The summed E-state index contributed by atoms with van der Waals surface area (Å²) in [5.41, 5.74) is 3.23. The summed E-state index contributed by atoms with van der Waals surface area (Å²) in [4.78, 5) is 10.9. The summed E-state index contributed by atoms with van der Waals surface area (Å²) in [5, 5.41) is 14.6. The van der Waals surface area contributed by atoms with Crippen LogP contribution in [0.15, 0.2) is 60.7 Å². The molecule has 6 heteroatoms. The minimum absolute atomic E-state index is 0.405. The van der Waals surface area contributed by atoms with Crippen molar-refractivity contribution < 1.29 is 9.90 Å². The molecule has 25 heavy (non-hydrogen) atoms. The molecular formula is C19H14Cl2N2O2. The van der Waals surface area contributed by atoms with Crippen LogP contribution in [0.5, 0.6) is 0 Å². The van der Waals surface area contributed by atoms with Gasteiger partial charge in [0.2, 0.25) is 0 Å². The summed E-state index contributed by atoms with van der Waals surface area (Å²) in [6, 6.07) is 16.8. The number of aromatic nitrogens is 2. The molecule has 3 rings (SSSR count). The van der Waals surface area contributed by atoms with Crippen LogP contribution in [0.4, 0.5) is 0 Å². The van der Waals surface area contributed by atoms with E-state index in [2.05, 4.69) is 5.10 Å². The highest BCUT2D eigenvalue weighted by Gasteiger charge is 2.10. The van der Waals surface area contributed by atoms with Gasteiger partial charge in [-0.2, -0.15) is 5.10 Å². The zero-order chi connectivity index (χ0) is 17.8. The minimum Gasteiger partial charge on any atom is -0.478 e. The Morgan fingerprint density at radius 2 is 1.88 bits per heavy atom. The van der Waals surface area contributed by atoms with E-state index in [-0.39, 0.29) is 0 Å². The van der Waals surface area contributed by atoms with Gasteiger partial charge >= 0.3 is 5.97 Å². The molecule has 0 aliphatic rings. The number of nitrogens with zero attached hydrogens (tertiary/aromatic N) is 2. The molecule has 0 unspecified atom stereocenters. The Morgan fingerprint density at radius 3 is 2.56 bits per heavy atom. The molecule has 4 nitrogen and oxygen atoms in total. The molecule has 1 heterocycles. The van der Waals surface area contributed by atoms with Crippen LogP contribution in [0.25, 0.3) is 17.3 Å². The number of aliphatic carboxylic acids is 1. The van der Waals surface area contributed by atoms with E-state index >= 15 is 0 Å². The fourth-order valence-electron chi connectivity index (χ4n) is 2.41. The highest BCUT2D eigenvalue weighted by molar-refractivity contribution is 6.35. The number of rotatable bonds is 5. The van der Waals surface area contributed by atoms with Crippen molar-refractivity contribution in [3.63, 3.8) is 0 Å². The number of hydrogen-bond donors (Lipinski definition) is 1. The van der Waals surface area contributed by atoms with Crippen LogP contribution in [0.1, 0.15) is 11.3 Å². The first-order chi connectivity index (χ1) is 12.0. The van der Waals surface area contributed by atoms with Crippen molar-refractivity contribution in [1.29, 1.82) is 0 Å². The number of carboxylic acid groups (broad SMARTS) is 1. The van der Waals surface area contributed by atoms with Gasteiger partial charge in [0.15, 0.2) is 0 Å². The largest absolute Gasteiger partial charge is 0.478 e. The summed E-state index contributed by atoms with van der Waals surface area (Å²) >= 11 is 12.2. The highest BCUT2D eigenvalue weighted by Crippen LogP contribution is 2.24. The second-order valence-electron chi connectivity index (χ2n) is 5.39. The van der Waals surface area contributed by atoms with E-state index in [0.29, 0.717) is 22.3 Å². The van der Waals surface area contributed by atoms with E-state index in [1.165, 1.54) is 6.08 Å². The SMILES string of the molecule is O=C(O)C=Cc1cc(-c2ccccc2)nn1Cc1ccc(Cl)cc1Cl. The van der Waals surface area contributed by atoms with E-state index in [9.17, 15) is 4.79 Å². The van der Waals surface area contributed by atoms with Crippen molar-refractivity contribution in [2.45, 2.75) is 6.54 Å². The molecule has 0 amide bonds. The summed E-state index contributed by atoms with van der Waals surface area (Å²) in [6.45, 7) is 0.405. The van der Waals surface area contributed by atoms with Crippen LogP contribution in [0.2, 0.25) is 10.0 Å². The van der Waals surface area contributed by atoms with E-state index in [1.807, 2.05) is 42.5 Å². The quantitative estimate of drug-likeness (QED) is 0.640. The number of benzene rings is 2. The Bertz CT molecular complexity index is 934. The van der Waals surface area contributed by atoms with E-state index in [4.69, 9.17) is 28.3 Å². The third-order valence-corrected chi connectivity index (χ3v) is 4.20. The average molecular weight is 373 g/mol. The molecule has 0 aliphatic carbocycles. The Kier molecular flexibility index (Phi) is 5.22. The lowest BCUT2D eigenvalue weighted by Gasteiger charge is -2.07. The maximum absolute atomic E-state index is 10.9. The van der Waals surface area contributed by atoms with Gasteiger partial charge in [-0.05, 0) is 29.8 Å². The molecule has 0 bridgehead atoms. The fourth-order valence-corrected chi connectivity index (χ4v) is 2.88. The molecule has 0 aliphatic heterocycles. The first kappa shape index (κ1) is 17.3. The maximum atomic E-state index is 10.9. The predicted molar refractivity (Wildman–Crippen MR) is 99.9 cm³/mol. The lowest BCUT2D eigenvalue weighted by molar-refractivity contribution is -0.131. The molecule has 3 aromatic rings. The van der Waals surface area contributed by atoms with Gasteiger partial charge in [0.1, 0.15) is 0 Å². The van der Waals surface area contributed by atoms with Gasteiger partial charge in [0, 0.05) is 21.7 Å². The van der Waals surface area contributed by atoms with Gasteiger partial charge in [0.25, 0.3) is 0 Å². The van der Waals surface area contributed by atoms with Crippen LogP contribution in [-0.2, 0) is 11.3 Å². The Balaban J connectivity index is 2.01. The van der Waals surface area contributed by atoms with Gasteiger partial charge < -0.3 is 5.11 Å². The number of carboxylic acids is 1. The summed E-state index contributed by atoms with van der Waals surface area (Å²) < 4.78 is 1.72. The first-order valence-electron chi connectivity index (χ1n) is 7.51. The molecule has 0 atom stereocenters. The zero-order valence-corrected chi connectivity index (χ0v) is 14.6. The lowest BCUT2D eigenvalue weighted by Crippen LogP contribution is -2.05. The van der Waals surface area contributed by atoms with Gasteiger partial charge in [-0.15, -0.1) is 0 Å². The number of hydrogen-bond acceptors (Lipinski definition) is 2. The van der Waals surface area contributed by atoms with E-state index in [0.717, 1.165) is 22.9 Å². The van der Waals surface area contributed by atoms with Crippen LogP contribution < -0.4 is 0 Å². The Hall–Kier alpha value is -2.56. The highest BCUT2D eigenvalue weighted by atomic mass is 35.5. The summed E-state index contributed by atoms with van der Waals surface area (Å²) in [7, 11) is 0. The lowest BCUT2D eigenvalue weighted by atomic mass is 10.1. The first-order valence-corrected chi connectivity index (χ1v) is 8.27. The van der Waals surface area contributed by atoms with Crippen LogP contribution in [-0.4, -0.2) is 20.9 Å². The summed E-state index contributed by atoms with van der Waals surface area (Å²) in [6.07, 6.45) is 2.61. The molecule has 126 valence electrons. The van der Waals surface area contributed by atoms with Gasteiger partial charge in [0.05, 0.1) is 17.9 Å². The smallest absolute Gasteiger partial charge is 0.328 e. The number of carbonyl (C=O) groups is 1. The van der Waals surface area contributed by atoms with Crippen LogP contribution in [0, 0.1) is 0 Å². The molecule has 0 fully saturated rings. The third-order valence-electron chi connectivity index (χ3n) is 3.61. The van der Waals surface area contributed by atoms with Crippen molar-refractivity contribution in [3.8, 4) is 11.3 Å². The van der Waals surface area contributed by atoms with Crippen molar-refractivity contribution in [2.75, 3.05) is 0 Å². The van der Waals surface area contributed by atoms with Crippen molar-refractivity contribution >= 4 is 35.2 Å². The normalized spacial score (nSPS) is 11.1. The second-order valence-corrected chi connectivity index (χ2v) is 6.23. The second kappa shape index (κ2) is 7.55. The summed E-state index contributed by atoms with van der Waals surface area (Å²) in [5.74, 6) is -1.02. The molecule has 0 saturated heterocycles. The van der Waals surface area contributed by atoms with E-state index in [1.54, 1.807) is 16.8 Å². The molecular weight excluding hydrogens is 359 g/mol. The minimum atomic E-state index is -1.02. The Labute approximate surface area is 154 Å². The monoisotopic (exact) mass is 372 g/mol. The average Bonchev–Trinajstić information content (AvgIpc) is 2.99. The van der Waals surface area contributed by atoms with Crippen molar-refractivity contribution in [3.05, 3.63) is 82.0 Å². The van der Waals surface area contributed by atoms with E-state index < -0.39 is 5.97 Å².